The number of H-pyrrole nitrogens is 1. The van der Waals surface area contributed by atoms with Crippen molar-refractivity contribution in [3.63, 3.8) is 0 Å². The number of nitrogens with one attached hydrogen (secondary N) is 2. The van der Waals surface area contributed by atoms with E-state index in [1.807, 2.05) is 0 Å². The fourth-order valence-corrected chi connectivity index (χ4v) is 4.33. The average molecular weight is 466 g/mol. The summed E-state index contributed by atoms with van der Waals surface area (Å²) in [6.07, 6.45) is 0. The Morgan fingerprint density at radius 3 is 2.58 bits per heavy atom. The summed E-state index contributed by atoms with van der Waals surface area (Å²) in [5.41, 5.74) is 1.63. The molecule has 0 radical (unpaired) electrons. The summed E-state index contributed by atoms with van der Waals surface area (Å²) in [7, 11) is 0. The highest BCUT2D eigenvalue weighted by Crippen LogP contribution is 2.25. The molecule has 0 aliphatic heterocycles. The molecule has 0 unspecified atom stereocenters. The number of carbonyl (C=O) groups excluding carboxylic acids is 1. The van der Waals surface area contributed by atoms with Gasteiger partial charge in [-0.2, -0.15) is 0 Å². The number of carbonyl (C=O) groups is 1. The zero-order chi connectivity index (χ0) is 23.5. The van der Waals surface area contributed by atoms with Gasteiger partial charge in [0.05, 0.1) is 12.2 Å². The van der Waals surface area contributed by atoms with Gasteiger partial charge in [-0.25, -0.2) is 9.07 Å². The quantitative estimate of drug-likeness (QED) is 0.456. The van der Waals surface area contributed by atoms with Crippen LogP contribution in [-0.4, -0.2) is 20.3 Å². The van der Waals surface area contributed by atoms with Crippen LogP contribution >= 0.6 is 11.3 Å². The van der Waals surface area contributed by atoms with Gasteiger partial charge in [0.1, 0.15) is 12.4 Å². The summed E-state index contributed by atoms with van der Waals surface area (Å²) >= 11 is 1.02. The van der Waals surface area contributed by atoms with Crippen molar-refractivity contribution in [1.82, 2.24) is 14.3 Å². The molecule has 0 saturated heterocycles. The molecule has 0 aliphatic carbocycles. The lowest BCUT2D eigenvalue weighted by molar-refractivity contribution is -0.116. The fraction of sp³-hybridized carbons (Fsp3) is 0.130. The van der Waals surface area contributed by atoms with Crippen LogP contribution in [0, 0.1) is 12.7 Å². The smallest absolute Gasteiger partial charge is 0.308 e. The molecule has 0 spiro atoms. The second kappa shape index (κ2) is 9.21. The van der Waals surface area contributed by atoms with Gasteiger partial charge in [-0.15, -0.1) is 0 Å². The molecule has 2 N–H and O–H groups in total. The topological polar surface area (TPSA) is 106 Å². The van der Waals surface area contributed by atoms with Crippen molar-refractivity contribution in [2.24, 2.45) is 0 Å². The van der Waals surface area contributed by atoms with Gasteiger partial charge in [-0.05, 0) is 54.4 Å². The molecule has 0 saturated carbocycles. The van der Waals surface area contributed by atoms with E-state index in [9.17, 15) is 23.6 Å². The molecule has 2 heterocycles. The third-order valence-corrected chi connectivity index (χ3v) is 5.82. The largest absolute Gasteiger partial charge is 0.325 e. The van der Waals surface area contributed by atoms with E-state index in [1.54, 1.807) is 43.3 Å². The molecule has 10 heteroatoms. The molecule has 0 atom stereocenters. The van der Waals surface area contributed by atoms with Crippen LogP contribution in [0.1, 0.15) is 10.4 Å². The Balaban J connectivity index is 1.53. The molecule has 4 rings (SSSR count). The molecule has 33 heavy (non-hydrogen) atoms. The second-order valence-electron chi connectivity index (χ2n) is 7.35. The van der Waals surface area contributed by atoms with Crippen LogP contribution in [0.3, 0.4) is 0 Å². The number of nitrogens with zero attached hydrogens (tertiary/aromatic N) is 2. The first kappa shape index (κ1) is 22.2. The maximum atomic E-state index is 13.3. The number of anilines is 1. The summed E-state index contributed by atoms with van der Waals surface area (Å²) in [5.74, 6) is -0.805. The number of thiazole rings is 1. The average Bonchev–Trinajstić information content (AvgIpc) is 3.04. The molecule has 8 nitrogen and oxygen atoms in total. The summed E-state index contributed by atoms with van der Waals surface area (Å²) < 4.78 is 15.8. The predicted molar refractivity (Wildman–Crippen MR) is 124 cm³/mol. The van der Waals surface area contributed by atoms with Crippen molar-refractivity contribution >= 4 is 22.9 Å². The van der Waals surface area contributed by atoms with Crippen LogP contribution in [0.25, 0.3) is 11.3 Å². The summed E-state index contributed by atoms with van der Waals surface area (Å²) in [6.45, 7) is 1.68. The third kappa shape index (κ3) is 5.07. The third-order valence-electron chi connectivity index (χ3n) is 4.92. The first-order chi connectivity index (χ1) is 15.8. The van der Waals surface area contributed by atoms with Gasteiger partial charge >= 0.3 is 4.87 Å². The van der Waals surface area contributed by atoms with Crippen LogP contribution in [0.15, 0.2) is 75.0 Å². The van der Waals surface area contributed by atoms with Crippen LogP contribution in [0.2, 0.25) is 0 Å². The van der Waals surface area contributed by atoms with Gasteiger partial charge in [0, 0.05) is 22.7 Å². The maximum Gasteiger partial charge on any atom is 0.308 e. The number of aryl methyl sites for hydroxylation is 1. The Bertz CT molecular complexity index is 1500. The van der Waals surface area contributed by atoms with E-state index in [0.29, 0.717) is 22.5 Å². The molecule has 2 aromatic carbocycles. The molecule has 1 amide bonds. The number of benzene rings is 2. The number of rotatable bonds is 6. The molecular formula is C23H19FN4O4S. The van der Waals surface area contributed by atoms with E-state index in [1.165, 1.54) is 27.4 Å². The minimum Gasteiger partial charge on any atom is -0.325 e. The number of amides is 1. The number of hydrogen-bond acceptors (Lipinski definition) is 5. The van der Waals surface area contributed by atoms with E-state index < -0.39 is 11.5 Å². The van der Waals surface area contributed by atoms with Crippen molar-refractivity contribution < 1.29 is 9.18 Å². The van der Waals surface area contributed by atoms with Gasteiger partial charge < -0.3 is 5.32 Å². The Hall–Kier alpha value is -4.05. The Labute approximate surface area is 190 Å². The Morgan fingerprint density at radius 1 is 1.06 bits per heavy atom. The first-order valence-electron chi connectivity index (χ1n) is 9.95. The molecular weight excluding hydrogens is 447 g/mol. The highest BCUT2D eigenvalue weighted by Gasteiger charge is 2.16. The van der Waals surface area contributed by atoms with Gasteiger partial charge in [0.25, 0.3) is 11.1 Å². The SMILES string of the molecule is Cc1sc(=O)n(CC(=O)Nc2cccc(Cn3[nH]c(=O)ccc3=O)c2)c1-c1ccc(F)cc1. The number of halogens is 1. The lowest BCUT2D eigenvalue weighted by Gasteiger charge is -2.11. The highest BCUT2D eigenvalue weighted by atomic mass is 32.1. The van der Waals surface area contributed by atoms with Gasteiger partial charge in [-0.1, -0.05) is 23.5 Å². The molecule has 168 valence electrons. The van der Waals surface area contributed by atoms with Gasteiger partial charge in [0.15, 0.2) is 0 Å². The Morgan fingerprint density at radius 2 is 1.82 bits per heavy atom. The second-order valence-corrected chi connectivity index (χ2v) is 8.51. The van der Waals surface area contributed by atoms with E-state index in [-0.39, 0.29) is 29.3 Å². The van der Waals surface area contributed by atoms with Crippen molar-refractivity contribution in [2.45, 2.75) is 20.0 Å². The van der Waals surface area contributed by atoms with Crippen LogP contribution < -0.4 is 21.3 Å². The highest BCUT2D eigenvalue weighted by molar-refractivity contribution is 7.09. The summed E-state index contributed by atoms with van der Waals surface area (Å²) in [4.78, 5) is 49.0. The molecule has 0 fully saturated rings. The zero-order valence-corrected chi connectivity index (χ0v) is 18.3. The predicted octanol–water partition coefficient (Wildman–Crippen LogP) is 2.56. The van der Waals surface area contributed by atoms with E-state index in [4.69, 9.17) is 0 Å². The van der Waals surface area contributed by atoms with Crippen LogP contribution in [0.5, 0.6) is 0 Å². The number of aromatic nitrogens is 3. The standard InChI is InChI=1S/C23H19FN4O4S/c1-14-22(16-5-7-17(24)8-6-16)27(23(32)33-14)13-20(30)25-18-4-2-3-15(11-18)12-28-21(31)10-9-19(29)26-28/h2-11H,12-13H2,1H3,(H,25,30)(H,26,29). The minimum atomic E-state index is -0.416. The van der Waals surface area contributed by atoms with E-state index in [0.717, 1.165) is 22.3 Å². The monoisotopic (exact) mass is 466 g/mol. The van der Waals surface area contributed by atoms with E-state index >= 15 is 0 Å². The lowest BCUT2D eigenvalue weighted by atomic mass is 10.1. The van der Waals surface area contributed by atoms with Crippen molar-refractivity contribution in [3.05, 3.63) is 107 Å². The van der Waals surface area contributed by atoms with Crippen molar-refractivity contribution in [3.8, 4) is 11.3 Å². The molecule has 4 aromatic rings. The summed E-state index contributed by atoms with van der Waals surface area (Å²) in [6, 6.07) is 14.9. The van der Waals surface area contributed by atoms with Gasteiger partial charge in [-0.3, -0.25) is 28.8 Å². The van der Waals surface area contributed by atoms with Crippen LogP contribution in [-0.2, 0) is 17.9 Å². The zero-order valence-electron chi connectivity index (χ0n) is 17.5. The minimum absolute atomic E-state index is 0.122. The summed E-state index contributed by atoms with van der Waals surface area (Å²) in [5, 5.41) is 5.21. The van der Waals surface area contributed by atoms with Gasteiger partial charge in [0.2, 0.25) is 5.91 Å². The number of aromatic amines is 1. The van der Waals surface area contributed by atoms with Crippen molar-refractivity contribution in [1.29, 1.82) is 0 Å². The normalized spacial score (nSPS) is 10.8. The molecule has 0 aliphatic rings. The van der Waals surface area contributed by atoms with E-state index in [2.05, 4.69) is 10.4 Å². The molecule has 0 bridgehead atoms. The van der Waals surface area contributed by atoms with Crippen LogP contribution in [0.4, 0.5) is 10.1 Å². The first-order valence-corrected chi connectivity index (χ1v) is 10.8. The maximum absolute atomic E-state index is 13.3. The lowest BCUT2D eigenvalue weighted by Crippen LogP contribution is -2.28. The van der Waals surface area contributed by atoms with Crippen molar-refractivity contribution in [2.75, 3.05) is 5.32 Å². The fourth-order valence-electron chi connectivity index (χ4n) is 3.48. The molecule has 2 aromatic heterocycles. The number of hydrogen-bond donors (Lipinski definition) is 2. The Kier molecular flexibility index (Phi) is 6.18.